The number of carbonyl (C=O) groups is 1. The molecule has 0 saturated heterocycles. The highest BCUT2D eigenvalue weighted by atomic mass is 35.5. The lowest BCUT2D eigenvalue weighted by Crippen LogP contribution is -2.20. The number of hydrogen-bond acceptors (Lipinski definition) is 4. The van der Waals surface area contributed by atoms with Gasteiger partial charge in [0.15, 0.2) is 11.7 Å². The van der Waals surface area contributed by atoms with Crippen molar-refractivity contribution in [2.45, 2.75) is 13.3 Å². The van der Waals surface area contributed by atoms with Crippen LogP contribution in [0.15, 0.2) is 54.7 Å². The fourth-order valence-electron chi connectivity index (χ4n) is 2.31. The predicted molar refractivity (Wildman–Crippen MR) is 102 cm³/mol. The van der Waals surface area contributed by atoms with Crippen LogP contribution in [0.4, 0.5) is 5.13 Å². The number of carbonyl (C=O) groups excluding carboxylic acids is 1. The summed E-state index contributed by atoms with van der Waals surface area (Å²) in [5.41, 5.74) is 2.10. The third-order valence-electron chi connectivity index (χ3n) is 3.52. The van der Waals surface area contributed by atoms with Crippen molar-refractivity contribution in [1.29, 1.82) is 0 Å². The van der Waals surface area contributed by atoms with Crippen molar-refractivity contribution in [1.82, 2.24) is 4.98 Å². The molecule has 0 bridgehead atoms. The molecule has 0 spiro atoms. The Morgan fingerprint density at radius 1 is 1.24 bits per heavy atom. The number of halogens is 1. The quantitative estimate of drug-likeness (QED) is 0.681. The average molecular weight is 373 g/mol. The molecule has 0 aliphatic heterocycles. The number of anilines is 1. The number of thiazole rings is 1. The zero-order chi connectivity index (χ0) is 17.6. The molecule has 0 aliphatic rings. The minimum absolute atomic E-state index is 0.0476. The summed E-state index contributed by atoms with van der Waals surface area (Å²) in [4.78, 5) is 17.3. The van der Waals surface area contributed by atoms with Gasteiger partial charge in [-0.2, -0.15) is 0 Å². The van der Waals surface area contributed by atoms with Gasteiger partial charge in [0.25, 0.3) is 5.91 Å². The van der Waals surface area contributed by atoms with E-state index in [0.717, 1.165) is 22.4 Å². The van der Waals surface area contributed by atoms with Gasteiger partial charge in [-0.25, -0.2) is 4.98 Å². The number of ether oxygens (including phenoxy) is 1. The third kappa shape index (κ3) is 5.05. The summed E-state index contributed by atoms with van der Waals surface area (Å²) in [6.45, 7) is 1.89. The minimum Gasteiger partial charge on any atom is -0.483 e. The van der Waals surface area contributed by atoms with E-state index in [9.17, 15) is 4.79 Å². The number of nitrogens with one attached hydrogen (secondary N) is 1. The molecule has 1 aromatic heterocycles. The van der Waals surface area contributed by atoms with Crippen LogP contribution in [0.5, 0.6) is 5.75 Å². The van der Waals surface area contributed by atoms with Gasteiger partial charge in [-0.3, -0.25) is 10.1 Å². The van der Waals surface area contributed by atoms with Gasteiger partial charge >= 0.3 is 0 Å². The molecular weight excluding hydrogens is 356 g/mol. The first-order valence-electron chi connectivity index (χ1n) is 7.77. The van der Waals surface area contributed by atoms with Gasteiger partial charge in [0.2, 0.25) is 0 Å². The van der Waals surface area contributed by atoms with E-state index in [1.165, 1.54) is 11.3 Å². The molecule has 1 N–H and O–H groups in total. The molecule has 1 amide bonds. The maximum Gasteiger partial charge on any atom is 0.264 e. The van der Waals surface area contributed by atoms with Crippen LogP contribution in [-0.4, -0.2) is 17.5 Å². The highest BCUT2D eigenvalue weighted by molar-refractivity contribution is 7.15. The molecule has 3 aromatic rings. The van der Waals surface area contributed by atoms with E-state index in [1.807, 2.05) is 55.5 Å². The van der Waals surface area contributed by atoms with Crippen LogP contribution in [0.2, 0.25) is 5.02 Å². The molecule has 0 unspecified atom stereocenters. The molecule has 6 heteroatoms. The van der Waals surface area contributed by atoms with Gasteiger partial charge in [0.1, 0.15) is 5.75 Å². The van der Waals surface area contributed by atoms with Gasteiger partial charge < -0.3 is 4.74 Å². The minimum atomic E-state index is -0.230. The van der Waals surface area contributed by atoms with Gasteiger partial charge in [-0.05, 0) is 36.2 Å². The number of nitrogens with zero attached hydrogens (tertiary/aromatic N) is 1. The fraction of sp³-hybridized carbons (Fsp3) is 0.158. The number of rotatable bonds is 6. The monoisotopic (exact) mass is 372 g/mol. The zero-order valence-corrected chi connectivity index (χ0v) is 15.2. The van der Waals surface area contributed by atoms with Crippen molar-refractivity contribution < 1.29 is 9.53 Å². The molecule has 2 aromatic carbocycles. The number of benzene rings is 2. The number of para-hydroxylation sites is 1. The summed E-state index contributed by atoms with van der Waals surface area (Å²) >= 11 is 7.44. The summed E-state index contributed by atoms with van der Waals surface area (Å²) in [7, 11) is 0. The van der Waals surface area contributed by atoms with E-state index in [4.69, 9.17) is 16.3 Å². The van der Waals surface area contributed by atoms with E-state index in [2.05, 4.69) is 10.3 Å². The van der Waals surface area contributed by atoms with Crippen LogP contribution >= 0.6 is 22.9 Å². The van der Waals surface area contributed by atoms with Gasteiger partial charge in [0.05, 0.1) is 0 Å². The Labute approximate surface area is 155 Å². The smallest absolute Gasteiger partial charge is 0.264 e. The highest BCUT2D eigenvalue weighted by Gasteiger charge is 2.09. The van der Waals surface area contributed by atoms with Crippen molar-refractivity contribution in [3.05, 3.63) is 75.8 Å². The molecule has 0 aliphatic carbocycles. The summed E-state index contributed by atoms with van der Waals surface area (Å²) in [6, 6.07) is 15.3. The Morgan fingerprint density at radius 3 is 2.88 bits per heavy atom. The SMILES string of the molecule is Cc1ccccc1OCC(=O)Nc1ncc(Cc2cccc(Cl)c2)s1. The molecule has 4 nitrogen and oxygen atoms in total. The molecule has 3 rings (SSSR count). The van der Waals surface area contributed by atoms with E-state index in [-0.39, 0.29) is 12.5 Å². The van der Waals surface area contributed by atoms with Crippen molar-refractivity contribution >= 4 is 34.0 Å². The van der Waals surface area contributed by atoms with Crippen LogP contribution in [0.1, 0.15) is 16.0 Å². The summed E-state index contributed by atoms with van der Waals surface area (Å²) in [5, 5.41) is 4.04. The predicted octanol–water partition coefficient (Wildman–Crippen LogP) is 4.71. The van der Waals surface area contributed by atoms with Crippen molar-refractivity contribution in [3.8, 4) is 5.75 Å². The summed E-state index contributed by atoms with van der Waals surface area (Å²) in [5.74, 6) is 0.477. The molecule has 0 saturated carbocycles. The second-order valence-electron chi connectivity index (χ2n) is 5.54. The van der Waals surface area contributed by atoms with Crippen molar-refractivity contribution in [2.24, 2.45) is 0 Å². The lowest BCUT2D eigenvalue weighted by atomic mass is 10.1. The second kappa shape index (κ2) is 8.14. The fourth-order valence-corrected chi connectivity index (χ4v) is 3.39. The number of aromatic nitrogens is 1. The standard InChI is InChI=1S/C19H17ClN2O2S/c1-13-5-2-3-8-17(13)24-12-18(23)22-19-21-11-16(25-19)10-14-6-4-7-15(20)9-14/h2-9,11H,10,12H2,1H3,(H,21,22,23). The molecule has 128 valence electrons. The van der Waals surface area contributed by atoms with Gasteiger partial charge in [-0.1, -0.05) is 41.9 Å². The largest absolute Gasteiger partial charge is 0.483 e. The van der Waals surface area contributed by atoms with Gasteiger partial charge in [-0.15, -0.1) is 11.3 Å². The van der Waals surface area contributed by atoms with E-state index in [0.29, 0.717) is 15.9 Å². The lowest BCUT2D eigenvalue weighted by molar-refractivity contribution is -0.118. The molecular formula is C19H17ClN2O2S. The van der Waals surface area contributed by atoms with E-state index in [1.54, 1.807) is 6.20 Å². The van der Waals surface area contributed by atoms with Crippen LogP contribution < -0.4 is 10.1 Å². The van der Waals surface area contributed by atoms with E-state index < -0.39 is 0 Å². The maximum absolute atomic E-state index is 12.0. The first kappa shape index (κ1) is 17.5. The second-order valence-corrected chi connectivity index (χ2v) is 7.09. The van der Waals surface area contributed by atoms with Crippen LogP contribution in [0.25, 0.3) is 0 Å². The Hall–Kier alpha value is -2.37. The van der Waals surface area contributed by atoms with E-state index >= 15 is 0 Å². The van der Waals surface area contributed by atoms with Gasteiger partial charge in [0, 0.05) is 22.5 Å². The molecule has 0 atom stereocenters. The molecule has 0 fully saturated rings. The maximum atomic E-state index is 12.0. The van der Waals surface area contributed by atoms with Crippen LogP contribution in [0, 0.1) is 6.92 Å². The summed E-state index contributed by atoms with van der Waals surface area (Å²) < 4.78 is 5.54. The molecule has 0 radical (unpaired) electrons. The average Bonchev–Trinajstić information content (AvgIpc) is 3.01. The van der Waals surface area contributed by atoms with Crippen LogP contribution in [-0.2, 0) is 11.2 Å². The Balaban J connectivity index is 1.54. The number of aryl methyl sites for hydroxylation is 1. The summed E-state index contributed by atoms with van der Waals surface area (Å²) in [6.07, 6.45) is 2.50. The topological polar surface area (TPSA) is 51.2 Å². The number of hydrogen-bond donors (Lipinski definition) is 1. The first-order chi connectivity index (χ1) is 12.1. The Morgan fingerprint density at radius 2 is 2.08 bits per heavy atom. The van der Waals surface area contributed by atoms with Crippen LogP contribution in [0.3, 0.4) is 0 Å². The van der Waals surface area contributed by atoms with Crippen molar-refractivity contribution in [3.63, 3.8) is 0 Å². The zero-order valence-electron chi connectivity index (χ0n) is 13.7. The third-order valence-corrected chi connectivity index (χ3v) is 4.67. The lowest BCUT2D eigenvalue weighted by Gasteiger charge is -2.07. The Bertz CT molecular complexity index is 879. The number of amides is 1. The van der Waals surface area contributed by atoms with Crippen molar-refractivity contribution in [2.75, 3.05) is 11.9 Å². The molecule has 25 heavy (non-hydrogen) atoms. The first-order valence-corrected chi connectivity index (χ1v) is 8.97. The highest BCUT2D eigenvalue weighted by Crippen LogP contribution is 2.22. The molecule has 1 heterocycles. The normalized spacial score (nSPS) is 10.5. The Kier molecular flexibility index (Phi) is 5.68.